The average Bonchev–Trinajstić information content (AvgIpc) is 2.36. The number of nitrogens with one attached hydrogen (secondary N) is 1. The van der Waals surface area contributed by atoms with Gasteiger partial charge in [-0.2, -0.15) is 0 Å². The second-order valence-corrected chi connectivity index (χ2v) is 6.20. The van der Waals surface area contributed by atoms with Crippen molar-refractivity contribution in [2.45, 2.75) is 25.7 Å². The molecule has 1 aliphatic carbocycles. The highest BCUT2D eigenvalue weighted by molar-refractivity contribution is 14.1. The van der Waals surface area contributed by atoms with Crippen molar-refractivity contribution in [3.63, 3.8) is 0 Å². The summed E-state index contributed by atoms with van der Waals surface area (Å²) >= 11 is 8.56. The first-order valence-electron chi connectivity index (χ1n) is 5.98. The van der Waals surface area contributed by atoms with E-state index in [1.165, 1.54) is 18.4 Å². The van der Waals surface area contributed by atoms with Crippen LogP contribution in [-0.2, 0) is 12.8 Å². The highest BCUT2D eigenvalue weighted by Crippen LogP contribution is 2.36. The van der Waals surface area contributed by atoms with Gasteiger partial charge in [-0.25, -0.2) is 0 Å². The minimum Gasteiger partial charge on any atom is -0.323 e. The third-order valence-electron chi connectivity index (χ3n) is 3.43. The van der Waals surface area contributed by atoms with Crippen molar-refractivity contribution >= 4 is 50.8 Å². The van der Waals surface area contributed by atoms with Gasteiger partial charge in [0.25, 0.3) is 0 Å². The predicted octanol–water partition coefficient (Wildman–Crippen LogP) is 3.66. The molecule has 3 nitrogen and oxygen atoms in total. The lowest BCUT2D eigenvalue weighted by molar-refractivity contribution is 0.672. The van der Waals surface area contributed by atoms with Crippen LogP contribution in [-0.4, -0.2) is 4.98 Å². The van der Waals surface area contributed by atoms with E-state index in [1.54, 1.807) is 0 Å². The number of hydrogen-bond acceptors (Lipinski definition) is 3. The standard InChI is InChI=1S/C13H13ClIN3/c14-10-6-7(15)5-9-12(18-16)8-3-1-2-4-11(8)17-13(9)10/h5-6H,1-4,16H2,(H,17,18). The van der Waals surface area contributed by atoms with Gasteiger partial charge in [0.1, 0.15) is 0 Å². The Labute approximate surface area is 124 Å². The van der Waals surface area contributed by atoms with Gasteiger partial charge in [-0.3, -0.25) is 10.8 Å². The summed E-state index contributed by atoms with van der Waals surface area (Å²) in [5, 5.41) is 1.72. The zero-order valence-electron chi connectivity index (χ0n) is 9.76. The van der Waals surface area contributed by atoms with Crippen LogP contribution in [0.1, 0.15) is 24.1 Å². The molecule has 0 radical (unpaired) electrons. The van der Waals surface area contributed by atoms with E-state index in [-0.39, 0.29) is 0 Å². The highest BCUT2D eigenvalue weighted by Gasteiger charge is 2.19. The first kappa shape index (κ1) is 12.4. The number of nitrogen functional groups attached to an aromatic ring is 1. The molecule has 0 spiro atoms. The molecule has 5 heteroatoms. The zero-order chi connectivity index (χ0) is 12.7. The molecular weight excluding hydrogens is 361 g/mol. The zero-order valence-corrected chi connectivity index (χ0v) is 12.7. The first-order chi connectivity index (χ1) is 8.70. The second kappa shape index (κ2) is 4.83. The van der Waals surface area contributed by atoms with Crippen molar-refractivity contribution in [1.29, 1.82) is 0 Å². The Balaban J connectivity index is 2.40. The average molecular weight is 374 g/mol. The fourth-order valence-electron chi connectivity index (χ4n) is 2.61. The van der Waals surface area contributed by atoms with Gasteiger partial charge in [-0.15, -0.1) is 0 Å². The number of aromatic nitrogens is 1. The Kier molecular flexibility index (Phi) is 3.34. The molecule has 3 rings (SSSR count). The smallest absolute Gasteiger partial charge is 0.0913 e. The van der Waals surface area contributed by atoms with Crippen LogP contribution in [0.25, 0.3) is 10.9 Å². The minimum atomic E-state index is 0.696. The SMILES string of the molecule is NNc1c2c(nc3c(Cl)cc(I)cc13)CCCC2. The molecule has 94 valence electrons. The van der Waals surface area contributed by atoms with Crippen molar-refractivity contribution in [1.82, 2.24) is 4.98 Å². The maximum Gasteiger partial charge on any atom is 0.0913 e. The number of nitrogens with two attached hydrogens (primary N) is 1. The molecular formula is C13H13ClIN3. The molecule has 0 atom stereocenters. The van der Waals surface area contributed by atoms with Crippen molar-refractivity contribution in [2.24, 2.45) is 5.84 Å². The Hall–Kier alpha value is -0.590. The predicted molar refractivity (Wildman–Crippen MR) is 83.9 cm³/mol. The minimum absolute atomic E-state index is 0.696. The summed E-state index contributed by atoms with van der Waals surface area (Å²) in [6, 6.07) is 4.02. The lowest BCUT2D eigenvalue weighted by Crippen LogP contribution is -2.15. The van der Waals surface area contributed by atoms with Gasteiger partial charge in [0, 0.05) is 14.7 Å². The molecule has 2 aromatic rings. The number of anilines is 1. The molecule has 0 saturated heterocycles. The number of pyridine rings is 1. The Morgan fingerprint density at radius 2 is 2.06 bits per heavy atom. The largest absolute Gasteiger partial charge is 0.323 e. The molecule has 1 aromatic heterocycles. The molecule has 0 bridgehead atoms. The van der Waals surface area contributed by atoms with Crippen LogP contribution in [0, 0.1) is 3.57 Å². The third-order valence-corrected chi connectivity index (χ3v) is 4.34. The van der Waals surface area contributed by atoms with Gasteiger partial charge < -0.3 is 5.43 Å². The summed E-state index contributed by atoms with van der Waals surface area (Å²) in [5.41, 5.74) is 7.10. The van der Waals surface area contributed by atoms with E-state index in [0.717, 1.165) is 38.7 Å². The van der Waals surface area contributed by atoms with E-state index in [0.29, 0.717) is 5.02 Å². The van der Waals surface area contributed by atoms with E-state index in [1.807, 2.05) is 6.07 Å². The van der Waals surface area contributed by atoms with Crippen molar-refractivity contribution < 1.29 is 0 Å². The lowest BCUT2D eigenvalue weighted by atomic mass is 9.93. The van der Waals surface area contributed by atoms with Gasteiger partial charge in [0.2, 0.25) is 0 Å². The summed E-state index contributed by atoms with van der Waals surface area (Å²) in [7, 11) is 0. The van der Waals surface area contributed by atoms with Crippen LogP contribution in [0.2, 0.25) is 5.02 Å². The van der Waals surface area contributed by atoms with Crippen LogP contribution in [0.5, 0.6) is 0 Å². The Morgan fingerprint density at radius 3 is 2.83 bits per heavy atom. The molecule has 18 heavy (non-hydrogen) atoms. The van der Waals surface area contributed by atoms with Crippen LogP contribution < -0.4 is 11.3 Å². The van der Waals surface area contributed by atoms with Crippen molar-refractivity contribution in [3.8, 4) is 0 Å². The molecule has 0 saturated carbocycles. The quantitative estimate of drug-likeness (QED) is 0.456. The number of fused-ring (bicyclic) bond motifs is 2. The third kappa shape index (κ3) is 1.96. The lowest BCUT2D eigenvalue weighted by Gasteiger charge is -2.20. The summed E-state index contributed by atoms with van der Waals surface area (Å²) in [5.74, 6) is 5.72. The summed E-state index contributed by atoms with van der Waals surface area (Å²) in [4.78, 5) is 4.73. The van der Waals surface area contributed by atoms with Crippen LogP contribution >= 0.6 is 34.2 Å². The summed E-state index contributed by atoms with van der Waals surface area (Å²) in [6.07, 6.45) is 4.45. The molecule has 0 amide bonds. The van der Waals surface area contributed by atoms with E-state index < -0.39 is 0 Å². The number of hydrogen-bond donors (Lipinski definition) is 2. The van der Waals surface area contributed by atoms with Crippen LogP contribution in [0.4, 0.5) is 5.69 Å². The van der Waals surface area contributed by atoms with Gasteiger partial charge in [-0.05, 0) is 66.0 Å². The van der Waals surface area contributed by atoms with Gasteiger partial charge >= 0.3 is 0 Å². The van der Waals surface area contributed by atoms with Gasteiger partial charge in [-0.1, -0.05) is 11.6 Å². The monoisotopic (exact) mass is 373 g/mol. The van der Waals surface area contributed by atoms with Crippen LogP contribution in [0.3, 0.4) is 0 Å². The number of nitrogens with zero attached hydrogens (tertiary/aromatic N) is 1. The van der Waals surface area contributed by atoms with Gasteiger partial charge in [0.15, 0.2) is 0 Å². The Morgan fingerprint density at radius 1 is 1.28 bits per heavy atom. The molecule has 1 aliphatic rings. The number of hydrazine groups is 1. The number of benzene rings is 1. The van der Waals surface area contributed by atoms with E-state index >= 15 is 0 Å². The molecule has 1 heterocycles. The number of aryl methyl sites for hydroxylation is 1. The maximum absolute atomic E-state index is 6.30. The molecule has 0 fully saturated rings. The first-order valence-corrected chi connectivity index (χ1v) is 7.43. The fourth-order valence-corrected chi connectivity index (χ4v) is 3.68. The fraction of sp³-hybridized carbons (Fsp3) is 0.308. The van der Waals surface area contributed by atoms with Crippen LogP contribution in [0.15, 0.2) is 12.1 Å². The van der Waals surface area contributed by atoms with Gasteiger partial charge in [0.05, 0.1) is 16.2 Å². The second-order valence-electron chi connectivity index (χ2n) is 4.55. The van der Waals surface area contributed by atoms with E-state index in [2.05, 4.69) is 34.1 Å². The topological polar surface area (TPSA) is 50.9 Å². The number of halogens is 2. The number of rotatable bonds is 1. The van der Waals surface area contributed by atoms with E-state index in [4.69, 9.17) is 22.4 Å². The molecule has 0 unspecified atom stereocenters. The molecule has 3 N–H and O–H groups in total. The van der Waals surface area contributed by atoms with E-state index in [9.17, 15) is 0 Å². The summed E-state index contributed by atoms with van der Waals surface area (Å²) < 4.78 is 1.10. The summed E-state index contributed by atoms with van der Waals surface area (Å²) in [6.45, 7) is 0. The molecule has 0 aliphatic heterocycles. The maximum atomic E-state index is 6.30. The normalized spacial score (nSPS) is 14.6. The highest BCUT2D eigenvalue weighted by atomic mass is 127. The molecule has 1 aromatic carbocycles. The Bertz CT molecular complexity index is 627. The van der Waals surface area contributed by atoms with Crippen molar-refractivity contribution in [2.75, 3.05) is 5.43 Å². The van der Waals surface area contributed by atoms with Crippen molar-refractivity contribution in [3.05, 3.63) is 32.0 Å².